The number of ether oxygens (including phenoxy) is 2. The highest BCUT2D eigenvalue weighted by atomic mass is 16.5. The highest BCUT2D eigenvalue weighted by Crippen LogP contribution is 2.37. The molecule has 0 heterocycles. The Labute approximate surface area is 162 Å². The van der Waals surface area contributed by atoms with Crippen molar-refractivity contribution in [2.45, 2.75) is 0 Å². The maximum Gasteiger partial charge on any atom is 0.338 e. The number of esters is 2. The maximum absolute atomic E-state index is 12.4. The summed E-state index contributed by atoms with van der Waals surface area (Å²) in [7, 11) is 2.74. The minimum absolute atomic E-state index is 0.397. The van der Waals surface area contributed by atoms with Gasteiger partial charge in [-0.05, 0) is 34.0 Å². The Morgan fingerprint density at radius 3 is 1.29 bits per heavy atom. The van der Waals surface area contributed by atoms with E-state index in [1.165, 1.54) is 14.2 Å². The molecule has 0 aliphatic heterocycles. The van der Waals surface area contributed by atoms with Gasteiger partial charge in [0.25, 0.3) is 0 Å². The molecule has 0 bridgehead atoms. The molecule has 0 radical (unpaired) electrons. The molecule has 4 aromatic carbocycles. The quantitative estimate of drug-likeness (QED) is 0.463. The average Bonchev–Trinajstić information content (AvgIpc) is 2.76. The lowest BCUT2D eigenvalue weighted by molar-refractivity contribution is 0.0594. The summed E-state index contributed by atoms with van der Waals surface area (Å²) in [5.74, 6) is -0.794. The third-order valence-electron chi connectivity index (χ3n) is 4.91. The lowest BCUT2D eigenvalue weighted by atomic mass is 9.90. The van der Waals surface area contributed by atoms with Gasteiger partial charge in [-0.15, -0.1) is 0 Å². The van der Waals surface area contributed by atoms with Crippen LogP contribution in [0.2, 0.25) is 0 Å². The Kier molecular flexibility index (Phi) is 4.53. The summed E-state index contributed by atoms with van der Waals surface area (Å²) in [4.78, 5) is 24.8. The number of hydrogen-bond acceptors (Lipinski definition) is 4. The summed E-state index contributed by atoms with van der Waals surface area (Å²) in [6.07, 6.45) is 0. The molecule has 0 unspecified atom stereocenters. The van der Waals surface area contributed by atoms with Crippen LogP contribution in [0.4, 0.5) is 0 Å². The van der Waals surface area contributed by atoms with Gasteiger partial charge in [-0.1, -0.05) is 60.7 Å². The second-order valence-corrected chi connectivity index (χ2v) is 6.40. The predicted molar refractivity (Wildman–Crippen MR) is 110 cm³/mol. The van der Waals surface area contributed by atoms with Crippen molar-refractivity contribution in [3.05, 3.63) is 83.9 Å². The molecule has 4 heteroatoms. The fourth-order valence-corrected chi connectivity index (χ4v) is 3.69. The van der Waals surface area contributed by atoms with Crippen molar-refractivity contribution < 1.29 is 19.1 Å². The first-order valence-electron chi connectivity index (χ1n) is 8.86. The smallest absolute Gasteiger partial charge is 0.338 e. The van der Waals surface area contributed by atoms with Crippen molar-refractivity contribution in [1.29, 1.82) is 0 Å². The Bertz CT molecular complexity index is 1120. The zero-order valence-electron chi connectivity index (χ0n) is 15.6. The second kappa shape index (κ2) is 7.16. The van der Waals surface area contributed by atoms with E-state index in [2.05, 4.69) is 0 Å². The number of hydrogen-bond donors (Lipinski definition) is 0. The van der Waals surface area contributed by atoms with Crippen LogP contribution in [0.25, 0.3) is 32.7 Å². The van der Waals surface area contributed by atoms with Crippen LogP contribution in [0.15, 0.2) is 72.8 Å². The lowest BCUT2D eigenvalue weighted by Gasteiger charge is -2.15. The van der Waals surface area contributed by atoms with Gasteiger partial charge in [0.1, 0.15) is 0 Å². The molecule has 0 aliphatic carbocycles. The van der Waals surface area contributed by atoms with E-state index in [1.54, 1.807) is 12.1 Å². The van der Waals surface area contributed by atoms with Gasteiger partial charge in [0.2, 0.25) is 0 Å². The fraction of sp³-hybridized carbons (Fsp3) is 0.0833. The van der Waals surface area contributed by atoms with Crippen molar-refractivity contribution in [2.75, 3.05) is 14.2 Å². The van der Waals surface area contributed by atoms with Gasteiger partial charge in [-0.2, -0.15) is 0 Å². The third-order valence-corrected chi connectivity index (χ3v) is 4.91. The zero-order valence-corrected chi connectivity index (χ0v) is 15.6. The molecule has 0 saturated heterocycles. The zero-order chi connectivity index (χ0) is 19.7. The monoisotopic (exact) mass is 370 g/mol. The van der Waals surface area contributed by atoms with E-state index in [1.807, 2.05) is 60.7 Å². The van der Waals surface area contributed by atoms with Gasteiger partial charge in [0.05, 0.1) is 25.3 Å². The van der Waals surface area contributed by atoms with Gasteiger partial charge < -0.3 is 9.47 Å². The molecule has 4 rings (SSSR count). The third kappa shape index (κ3) is 2.79. The van der Waals surface area contributed by atoms with Crippen molar-refractivity contribution in [3.63, 3.8) is 0 Å². The molecule has 0 spiro atoms. The van der Waals surface area contributed by atoms with Gasteiger partial charge in [-0.3, -0.25) is 0 Å². The molecule has 0 aromatic heterocycles. The van der Waals surface area contributed by atoms with Gasteiger partial charge in [0.15, 0.2) is 0 Å². The largest absolute Gasteiger partial charge is 0.465 e. The molecule has 0 atom stereocenters. The number of carbonyl (C=O) groups is 2. The normalized spacial score (nSPS) is 10.8. The standard InChI is InChI=1S/C24H18O4/c1-27-23(25)19-13-5-9-15-7-3-11-17(21(15)19)18-12-4-8-16-10-6-14-20(22(16)18)24(26)28-2/h3-14H,1-2H3. The van der Waals surface area contributed by atoms with E-state index < -0.39 is 11.9 Å². The number of benzene rings is 4. The fourth-order valence-electron chi connectivity index (χ4n) is 3.69. The van der Waals surface area contributed by atoms with E-state index in [4.69, 9.17) is 9.47 Å². The molecule has 4 aromatic rings. The van der Waals surface area contributed by atoms with Crippen LogP contribution in [0, 0.1) is 0 Å². The molecule has 0 aliphatic rings. The Morgan fingerprint density at radius 2 is 0.929 bits per heavy atom. The minimum atomic E-state index is -0.397. The molecule has 0 amide bonds. The summed E-state index contributed by atoms with van der Waals surface area (Å²) in [6.45, 7) is 0. The van der Waals surface area contributed by atoms with E-state index >= 15 is 0 Å². The Balaban J connectivity index is 2.14. The van der Waals surface area contributed by atoms with Crippen LogP contribution in [0.5, 0.6) is 0 Å². The molecular formula is C24H18O4. The van der Waals surface area contributed by atoms with E-state index in [-0.39, 0.29) is 0 Å². The molecule has 138 valence electrons. The maximum atomic E-state index is 12.4. The topological polar surface area (TPSA) is 52.6 Å². The number of methoxy groups -OCH3 is 2. The Hall–Kier alpha value is -3.66. The summed E-state index contributed by atoms with van der Waals surface area (Å²) in [5, 5.41) is 3.44. The van der Waals surface area contributed by atoms with Crippen molar-refractivity contribution >= 4 is 33.5 Å². The highest BCUT2D eigenvalue weighted by molar-refractivity contribution is 6.16. The molecular weight excluding hydrogens is 352 g/mol. The summed E-state index contributed by atoms with van der Waals surface area (Å²) in [6, 6.07) is 22.8. The van der Waals surface area contributed by atoms with Crippen molar-refractivity contribution in [3.8, 4) is 11.1 Å². The first-order chi connectivity index (χ1) is 13.7. The molecule has 0 N–H and O–H groups in total. The molecule has 4 nitrogen and oxygen atoms in total. The first kappa shape index (κ1) is 17.7. The Morgan fingerprint density at radius 1 is 0.571 bits per heavy atom. The molecule has 28 heavy (non-hydrogen) atoms. The second-order valence-electron chi connectivity index (χ2n) is 6.40. The lowest BCUT2D eigenvalue weighted by Crippen LogP contribution is -2.04. The van der Waals surface area contributed by atoms with Gasteiger partial charge in [0, 0.05) is 10.8 Å². The summed E-state index contributed by atoms with van der Waals surface area (Å²) in [5.41, 5.74) is 2.70. The number of fused-ring (bicyclic) bond motifs is 2. The van der Waals surface area contributed by atoms with Gasteiger partial charge >= 0.3 is 11.9 Å². The van der Waals surface area contributed by atoms with Gasteiger partial charge in [-0.25, -0.2) is 9.59 Å². The summed E-state index contributed by atoms with van der Waals surface area (Å²) < 4.78 is 9.98. The highest BCUT2D eigenvalue weighted by Gasteiger charge is 2.18. The van der Waals surface area contributed by atoms with Crippen LogP contribution in [-0.2, 0) is 9.47 Å². The minimum Gasteiger partial charge on any atom is -0.465 e. The summed E-state index contributed by atoms with van der Waals surface area (Å²) >= 11 is 0. The first-order valence-corrected chi connectivity index (χ1v) is 8.86. The average molecular weight is 370 g/mol. The SMILES string of the molecule is COC(=O)c1cccc2cccc(-c3cccc4cccc(C(=O)OC)c34)c12. The van der Waals surface area contributed by atoms with E-state index in [0.717, 1.165) is 32.7 Å². The number of carbonyl (C=O) groups excluding carboxylic acids is 2. The van der Waals surface area contributed by atoms with Crippen LogP contribution >= 0.6 is 0 Å². The predicted octanol–water partition coefficient (Wildman–Crippen LogP) is 5.23. The van der Waals surface area contributed by atoms with Crippen molar-refractivity contribution in [1.82, 2.24) is 0 Å². The van der Waals surface area contributed by atoms with Crippen LogP contribution < -0.4 is 0 Å². The molecule has 0 saturated carbocycles. The van der Waals surface area contributed by atoms with Crippen LogP contribution in [-0.4, -0.2) is 26.2 Å². The molecule has 0 fully saturated rings. The van der Waals surface area contributed by atoms with Crippen molar-refractivity contribution in [2.24, 2.45) is 0 Å². The van der Waals surface area contributed by atoms with Crippen LogP contribution in [0.1, 0.15) is 20.7 Å². The van der Waals surface area contributed by atoms with E-state index in [0.29, 0.717) is 11.1 Å². The van der Waals surface area contributed by atoms with E-state index in [9.17, 15) is 9.59 Å². The van der Waals surface area contributed by atoms with Crippen LogP contribution in [0.3, 0.4) is 0 Å². The number of rotatable bonds is 3.